The third-order valence-electron chi connectivity index (χ3n) is 5.55. The highest BCUT2D eigenvalue weighted by Crippen LogP contribution is 2.23. The van der Waals surface area contributed by atoms with Crippen molar-refractivity contribution in [2.45, 2.75) is 6.92 Å². The molecule has 0 aliphatic carbocycles. The summed E-state index contributed by atoms with van der Waals surface area (Å²) in [5.41, 5.74) is 5.92. The van der Waals surface area contributed by atoms with Crippen LogP contribution < -0.4 is 19.8 Å². The molecule has 2 aliphatic rings. The summed E-state index contributed by atoms with van der Waals surface area (Å²) in [6.07, 6.45) is 1.70. The molecule has 1 N–H and O–H groups in total. The lowest BCUT2D eigenvalue weighted by atomic mass is 10.2. The van der Waals surface area contributed by atoms with E-state index in [0.717, 1.165) is 67.5 Å². The van der Waals surface area contributed by atoms with E-state index in [1.54, 1.807) is 18.3 Å². The third kappa shape index (κ3) is 6.09. The predicted octanol–water partition coefficient (Wildman–Crippen LogP) is 1.62. The van der Waals surface area contributed by atoms with Gasteiger partial charge in [0.25, 0.3) is 5.88 Å². The van der Waals surface area contributed by atoms with Crippen LogP contribution in [-0.4, -0.2) is 76.9 Å². The molecular weight excluding hydrogens is 410 g/mol. The summed E-state index contributed by atoms with van der Waals surface area (Å²) in [7, 11) is 0. The van der Waals surface area contributed by atoms with E-state index in [0.29, 0.717) is 25.6 Å². The summed E-state index contributed by atoms with van der Waals surface area (Å²) in [6.45, 7) is 9.31. The summed E-state index contributed by atoms with van der Waals surface area (Å²) in [5.74, 6) is 0.578. The predicted molar refractivity (Wildman–Crippen MR) is 124 cm³/mol. The van der Waals surface area contributed by atoms with Crippen LogP contribution in [0.4, 0.5) is 11.5 Å². The van der Waals surface area contributed by atoms with Crippen molar-refractivity contribution in [2.24, 2.45) is 5.10 Å². The Bertz CT molecular complexity index is 911. The molecule has 2 fully saturated rings. The van der Waals surface area contributed by atoms with Gasteiger partial charge in [-0.2, -0.15) is 4.73 Å². The zero-order valence-electron chi connectivity index (χ0n) is 18.5. The Balaban J connectivity index is 1.48. The number of benzene rings is 1. The topological polar surface area (TPSA) is 85.5 Å². The number of rotatable bonds is 8. The monoisotopic (exact) mass is 441 g/mol. The van der Waals surface area contributed by atoms with E-state index in [-0.39, 0.29) is 5.88 Å². The molecule has 2 aliphatic heterocycles. The summed E-state index contributed by atoms with van der Waals surface area (Å²) >= 11 is 0. The van der Waals surface area contributed by atoms with Crippen LogP contribution in [0.15, 0.2) is 41.5 Å². The van der Waals surface area contributed by atoms with Crippen LogP contribution in [0.5, 0.6) is 5.88 Å². The summed E-state index contributed by atoms with van der Waals surface area (Å²) in [6, 6.07) is 11.6. The maximum absolute atomic E-state index is 13.0. The van der Waals surface area contributed by atoms with E-state index in [1.165, 1.54) is 0 Å². The average molecular weight is 442 g/mol. The zero-order chi connectivity index (χ0) is 22.2. The molecule has 32 heavy (non-hydrogen) atoms. The Kier molecular flexibility index (Phi) is 7.76. The van der Waals surface area contributed by atoms with Gasteiger partial charge in [-0.1, -0.05) is 34.9 Å². The fraction of sp³-hybridized carbons (Fsp3) is 0.478. The summed E-state index contributed by atoms with van der Waals surface area (Å²) in [5, 5.41) is 17.2. The molecule has 1 aromatic heterocycles. The maximum Gasteiger partial charge on any atom is 0.307 e. The molecule has 0 bridgehead atoms. The molecule has 3 heterocycles. The maximum atomic E-state index is 13.0. The van der Waals surface area contributed by atoms with Gasteiger partial charge >= 0.3 is 5.82 Å². The smallest absolute Gasteiger partial charge is 0.307 e. The number of pyridine rings is 1. The highest BCUT2D eigenvalue weighted by molar-refractivity contribution is 5.80. The number of nitrogens with zero attached hydrogens (tertiary/aromatic N) is 4. The van der Waals surface area contributed by atoms with Gasteiger partial charge in [0.1, 0.15) is 6.61 Å². The minimum atomic E-state index is 0.260. The van der Waals surface area contributed by atoms with Crippen LogP contribution in [0.3, 0.4) is 0 Å². The second kappa shape index (κ2) is 11.1. The lowest BCUT2D eigenvalue weighted by Crippen LogP contribution is -2.40. The van der Waals surface area contributed by atoms with Gasteiger partial charge in [-0.05, 0) is 12.5 Å². The first-order valence-corrected chi connectivity index (χ1v) is 11.1. The zero-order valence-corrected chi connectivity index (χ0v) is 18.5. The van der Waals surface area contributed by atoms with Crippen LogP contribution in [0.1, 0.15) is 11.1 Å². The molecule has 0 radical (unpaired) electrons. The summed E-state index contributed by atoms with van der Waals surface area (Å²) in [4.78, 5) is 4.46. The number of hydrogen-bond acceptors (Lipinski definition) is 8. The van der Waals surface area contributed by atoms with Gasteiger partial charge in [-0.3, -0.25) is 4.90 Å². The van der Waals surface area contributed by atoms with Crippen molar-refractivity contribution in [2.75, 3.05) is 76.1 Å². The third-order valence-corrected chi connectivity index (χ3v) is 5.55. The van der Waals surface area contributed by atoms with Crippen molar-refractivity contribution in [3.05, 3.63) is 52.7 Å². The van der Waals surface area contributed by atoms with Crippen LogP contribution in [0.25, 0.3) is 0 Å². The largest absolute Gasteiger partial charge is 0.708 e. The van der Waals surface area contributed by atoms with Gasteiger partial charge in [0.05, 0.1) is 44.4 Å². The number of nitrogens with one attached hydrogen (secondary N) is 1. The van der Waals surface area contributed by atoms with Crippen molar-refractivity contribution in [1.29, 1.82) is 0 Å². The fourth-order valence-electron chi connectivity index (χ4n) is 3.75. The number of aromatic nitrogens is 1. The summed E-state index contributed by atoms with van der Waals surface area (Å²) < 4.78 is 17.5. The number of morpholine rings is 2. The van der Waals surface area contributed by atoms with Crippen molar-refractivity contribution >= 4 is 17.7 Å². The second-order valence-electron chi connectivity index (χ2n) is 7.92. The second-order valence-corrected chi connectivity index (χ2v) is 7.92. The highest BCUT2D eigenvalue weighted by Gasteiger charge is 2.19. The van der Waals surface area contributed by atoms with Crippen LogP contribution >= 0.6 is 0 Å². The van der Waals surface area contributed by atoms with E-state index >= 15 is 0 Å². The molecule has 0 atom stereocenters. The molecule has 4 rings (SSSR count). The van der Waals surface area contributed by atoms with Gasteiger partial charge in [-0.15, -0.1) is 5.43 Å². The molecule has 0 spiro atoms. The first kappa shape index (κ1) is 22.3. The Labute approximate surface area is 188 Å². The molecule has 9 nitrogen and oxygen atoms in total. The van der Waals surface area contributed by atoms with Crippen LogP contribution in [0, 0.1) is 12.1 Å². The first-order valence-electron chi connectivity index (χ1n) is 11.1. The molecule has 0 amide bonds. The minimum absolute atomic E-state index is 0.260. The van der Waals surface area contributed by atoms with Gasteiger partial charge < -0.3 is 24.3 Å². The van der Waals surface area contributed by atoms with Crippen molar-refractivity contribution in [1.82, 2.24) is 4.90 Å². The van der Waals surface area contributed by atoms with E-state index in [1.807, 2.05) is 31.2 Å². The Morgan fingerprint density at radius 2 is 1.84 bits per heavy atom. The fourth-order valence-corrected chi connectivity index (χ4v) is 3.75. The van der Waals surface area contributed by atoms with Crippen molar-refractivity contribution in [3.63, 3.8) is 0 Å². The molecule has 0 unspecified atom stereocenters. The van der Waals surface area contributed by atoms with E-state index in [9.17, 15) is 5.21 Å². The Morgan fingerprint density at radius 1 is 1.09 bits per heavy atom. The highest BCUT2D eigenvalue weighted by atomic mass is 16.6. The number of hydrogen-bond donors (Lipinski definition) is 1. The standard InChI is InChI=1S/C23H31N5O4/c1-19-3-2-4-20(15-19)18-24-25-22-16-21(27-8-12-31-13-9-27)17-23(28(22)29)32-14-7-26-5-10-30-11-6-26/h2-4,15-18,25H,5-14H2,1H3. The van der Waals surface area contributed by atoms with Crippen LogP contribution in [-0.2, 0) is 9.47 Å². The SMILES string of the molecule is Cc1cccc(C=NNc2cc(N3CCOCC3)cc(OCCN3CCOCC3)[n+]2[O-])c1. The van der Waals surface area contributed by atoms with Crippen molar-refractivity contribution < 1.29 is 18.9 Å². The van der Waals surface area contributed by atoms with E-state index < -0.39 is 0 Å². The lowest BCUT2D eigenvalue weighted by molar-refractivity contribution is -0.598. The molecule has 9 heteroatoms. The quantitative estimate of drug-likeness (QED) is 0.288. The van der Waals surface area contributed by atoms with E-state index in [4.69, 9.17) is 14.2 Å². The molecule has 0 saturated carbocycles. The minimum Gasteiger partial charge on any atom is -0.708 e. The average Bonchev–Trinajstić information content (AvgIpc) is 2.82. The lowest BCUT2D eigenvalue weighted by Gasteiger charge is -2.29. The van der Waals surface area contributed by atoms with Crippen LogP contribution in [0.2, 0.25) is 0 Å². The first-order chi connectivity index (χ1) is 15.7. The molecule has 2 saturated heterocycles. The van der Waals surface area contributed by atoms with Gasteiger partial charge in [-0.25, -0.2) is 0 Å². The Hall–Kier alpha value is -2.88. The van der Waals surface area contributed by atoms with Gasteiger partial charge in [0.15, 0.2) is 0 Å². The number of anilines is 2. The normalized spacial score (nSPS) is 17.6. The van der Waals surface area contributed by atoms with Gasteiger partial charge in [0, 0.05) is 38.8 Å². The van der Waals surface area contributed by atoms with E-state index in [2.05, 4.69) is 20.3 Å². The molecule has 172 valence electrons. The molecule has 2 aromatic rings. The molecular formula is C23H31N5O4. The number of aryl methyl sites for hydroxylation is 1. The number of ether oxygens (including phenoxy) is 3. The Morgan fingerprint density at radius 3 is 2.59 bits per heavy atom. The van der Waals surface area contributed by atoms with Gasteiger partial charge in [0.2, 0.25) is 0 Å². The molecule has 1 aromatic carbocycles. The van der Waals surface area contributed by atoms with Crippen molar-refractivity contribution in [3.8, 4) is 5.88 Å². The number of hydrazone groups is 1.